The summed E-state index contributed by atoms with van der Waals surface area (Å²) in [7, 11) is 1.32. The molecule has 0 aliphatic carbocycles. The van der Waals surface area contributed by atoms with Gasteiger partial charge in [0.2, 0.25) is 0 Å². The van der Waals surface area contributed by atoms with Crippen molar-refractivity contribution in [3.05, 3.63) is 39.6 Å². The summed E-state index contributed by atoms with van der Waals surface area (Å²) in [6.07, 6.45) is 1.78. The van der Waals surface area contributed by atoms with Gasteiger partial charge in [0, 0.05) is 17.1 Å². The summed E-state index contributed by atoms with van der Waals surface area (Å²) in [6, 6.07) is 3.07. The third kappa shape index (κ3) is 3.79. The van der Waals surface area contributed by atoms with E-state index in [4.69, 9.17) is 20.9 Å². The molecule has 1 N–H and O–H groups in total. The molecule has 1 aliphatic heterocycles. The first-order valence-electron chi connectivity index (χ1n) is 7.74. The lowest BCUT2D eigenvalue weighted by molar-refractivity contribution is 0.00578. The Morgan fingerprint density at radius 1 is 1.26 bits per heavy atom. The fraction of sp³-hybridized carbons (Fsp3) is 0.529. The molecule has 0 aromatic heterocycles. The number of hydrogen-bond acceptors (Lipinski definition) is 3. The highest BCUT2D eigenvalue weighted by atomic mass is 35.5. The average Bonchev–Trinajstić information content (AvgIpc) is 2.64. The van der Waals surface area contributed by atoms with Gasteiger partial charge in [-0.05, 0) is 64.8 Å². The van der Waals surface area contributed by atoms with Crippen LogP contribution in [0.25, 0.3) is 6.08 Å². The lowest BCUT2D eigenvalue weighted by Crippen LogP contribution is -2.41. The maximum Gasteiger partial charge on any atom is 0.491 e. The van der Waals surface area contributed by atoms with E-state index in [1.54, 1.807) is 12.1 Å². The standard InChI is InChI=1S/C17H24BClFNO2/c1-11-7-12(15(20)9-14(11)19)8-13(10-21-6)18-22-16(2,3)17(4,5)23-18/h7-9,21H,10H2,1-6H3. The summed E-state index contributed by atoms with van der Waals surface area (Å²) in [6.45, 7) is 10.4. The van der Waals surface area contributed by atoms with Gasteiger partial charge in [0.15, 0.2) is 0 Å². The molecular formula is C17H24BClFNO2. The first-order valence-corrected chi connectivity index (χ1v) is 8.11. The zero-order valence-corrected chi connectivity index (χ0v) is 15.3. The second-order valence-corrected chi connectivity index (χ2v) is 7.37. The Hall–Kier alpha value is -0.875. The Kier molecular flexibility index (Phi) is 5.26. The quantitative estimate of drug-likeness (QED) is 0.840. The van der Waals surface area contributed by atoms with Crippen molar-refractivity contribution >= 4 is 24.8 Å². The second kappa shape index (κ2) is 6.56. The summed E-state index contributed by atoms with van der Waals surface area (Å²) in [5.41, 5.74) is 1.29. The molecule has 1 aliphatic rings. The molecule has 2 rings (SSSR count). The highest BCUT2D eigenvalue weighted by Crippen LogP contribution is 2.38. The van der Waals surface area contributed by atoms with Crippen LogP contribution in [0.1, 0.15) is 38.8 Å². The van der Waals surface area contributed by atoms with Crippen LogP contribution in [-0.4, -0.2) is 31.9 Å². The van der Waals surface area contributed by atoms with Crippen LogP contribution in [0.5, 0.6) is 0 Å². The molecule has 0 unspecified atom stereocenters. The molecule has 1 heterocycles. The largest absolute Gasteiger partial charge is 0.491 e. The van der Waals surface area contributed by atoms with Gasteiger partial charge in [-0.15, -0.1) is 0 Å². The van der Waals surface area contributed by atoms with E-state index in [-0.39, 0.29) is 5.82 Å². The topological polar surface area (TPSA) is 30.5 Å². The van der Waals surface area contributed by atoms with Gasteiger partial charge < -0.3 is 14.6 Å². The van der Waals surface area contributed by atoms with Crippen molar-refractivity contribution in [2.75, 3.05) is 13.6 Å². The Bertz CT molecular complexity index is 615. The van der Waals surface area contributed by atoms with Crippen LogP contribution >= 0.6 is 11.6 Å². The molecule has 23 heavy (non-hydrogen) atoms. The van der Waals surface area contributed by atoms with E-state index in [1.807, 2.05) is 41.7 Å². The van der Waals surface area contributed by atoms with Crippen LogP contribution < -0.4 is 5.32 Å². The number of hydrogen-bond donors (Lipinski definition) is 1. The molecule has 1 aromatic carbocycles. The number of nitrogens with one attached hydrogen (secondary N) is 1. The molecule has 0 spiro atoms. The first kappa shape index (κ1) is 18.5. The highest BCUT2D eigenvalue weighted by Gasteiger charge is 2.52. The first-order chi connectivity index (χ1) is 10.6. The van der Waals surface area contributed by atoms with Crippen LogP contribution in [0.15, 0.2) is 17.6 Å². The van der Waals surface area contributed by atoms with Crippen LogP contribution in [0.2, 0.25) is 5.02 Å². The number of halogens is 2. The molecule has 0 saturated carbocycles. The Morgan fingerprint density at radius 3 is 2.35 bits per heavy atom. The van der Waals surface area contributed by atoms with Crippen molar-refractivity contribution in [2.24, 2.45) is 0 Å². The van der Waals surface area contributed by atoms with Crippen molar-refractivity contribution in [1.82, 2.24) is 5.32 Å². The average molecular weight is 340 g/mol. The fourth-order valence-corrected chi connectivity index (χ4v) is 2.54. The molecule has 3 nitrogen and oxygen atoms in total. The van der Waals surface area contributed by atoms with E-state index in [9.17, 15) is 4.39 Å². The lowest BCUT2D eigenvalue weighted by Gasteiger charge is -2.32. The molecule has 0 bridgehead atoms. The van der Waals surface area contributed by atoms with Crippen molar-refractivity contribution in [3.63, 3.8) is 0 Å². The van der Waals surface area contributed by atoms with Gasteiger partial charge in [-0.1, -0.05) is 17.7 Å². The number of benzene rings is 1. The monoisotopic (exact) mass is 339 g/mol. The predicted molar refractivity (Wildman–Crippen MR) is 94.1 cm³/mol. The number of likely N-dealkylation sites (N-methyl/N-ethyl adjacent to an activating group) is 1. The van der Waals surface area contributed by atoms with E-state index < -0.39 is 18.3 Å². The van der Waals surface area contributed by atoms with Crippen LogP contribution in [-0.2, 0) is 9.31 Å². The van der Waals surface area contributed by atoms with Crippen LogP contribution in [0, 0.1) is 12.7 Å². The summed E-state index contributed by atoms with van der Waals surface area (Å²) >= 11 is 5.96. The lowest BCUT2D eigenvalue weighted by atomic mass is 9.77. The van der Waals surface area contributed by atoms with Gasteiger partial charge in [0.1, 0.15) is 5.82 Å². The van der Waals surface area contributed by atoms with Gasteiger partial charge in [-0.3, -0.25) is 0 Å². The summed E-state index contributed by atoms with van der Waals surface area (Å²) in [5, 5.41) is 3.51. The molecule has 6 heteroatoms. The van der Waals surface area contributed by atoms with E-state index in [0.717, 1.165) is 11.0 Å². The zero-order chi connectivity index (χ0) is 17.4. The minimum atomic E-state index is -0.511. The Morgan fingerprint density at radius 2 is 1.83 bits per heavy atom. The van der Waals surface area contributed by atoms with E-state index in [0.29, 0.717) is 17.1 Å². The Labute approximate surface area is 143 Å². The van der Waals surface area contributed by atoms with Gasteiger partial charge in [-0.25, -0.2) is 4.39 Å². The molecule has 1 aromatic rings. The maximum absolute atomic E-state index is 14.2. The molecule has 1 fully saturated rings. The summed E-state index contributed by atoms with van der Waals surface area (Å²) in [5.74, 6) is -0.356. The van der Waals surface area contributed by atoms with Gasteiger partial charge >= 0.3 is 7.12 Å². The van der Waals surface area contributed by atoms with Gasteiger partial charge in [0.25, 0.3) is 0 Å². The molecule has 1 saturated heterocycles. The molecule has 126 valence electrons. The highest BCUT2D eigenvalue weighted by molar-refractivity contribution is 6.55. The minimum Gasteiger partial charge on any atom is -0.400 e. The smallest absolute Gasteiger partial charge is 0.400 e. The van der Waals surface area contributed by atoms with E-state index >= 15 is 0 Å². The molecule has 0 radical (unpaired) electrons. The minimum absolute atomic E-state index is 0.356. The molecule has 0 atom stereocenters. The number of rotatable bonds is 4. The fourth-order valence-electron chi connectivity index (χ4n) is 2.39. The second-order valence-electron chi connectivity index (χ2n) is 6.96. The Balaban J connectivity index is 2.38. The van der Waals surface area contributed by atoms with Gasteiger partial charge in [0.05, 0.1) is 11.2 Å². The van der Waals surface area contributed by atoms with Crippen molar-refractivity contribution < 1.29 is 13.7 Å². The molecule has 0 amide bonds. The van der Waals surface area contributed by atoms with Gasteiger partial charge in [-0.2, -0.15) is 0 Å². The van der Waals surface area contributed by atoms with E-state index in [2.05, 4.69) is 5.32 Å². The van der Waals surface area contributed by atoms with Crippen molar-refractivity contribution in [2.45, 2.75) is 45.8 Å². The van der Waals surface area contributed by atoms with Crippen molar-refractivity contribution in [3.8, 4) is 0 Å². The SMILES string of the molecule is CNCC(=Cc1cc(C)c(Cl)cc1F)B1OC(C)(C)C(C)(C)O1. The maximum atomic E-state index is 14.2. The number of aryl methyl sites for hydroxylation is 1. The predicted octanol–water partition coefficient (Wildman–Crippen LogP) is 4.02. The van der Waals surface area contributed by atoms with Crippen molar-refractivity contribution in [1.29, 1.82) is 0 Å². The molecular weight excluding hydrogens is 315 g/mol. The normalized spacial score (nSPS) is 20.2. The van der Waals surface area contributed by atoms with Crippen LogP contribution in [0.3, 0.4) is 0 Å². The summed E-state index contributed by atoms with van der Waals surface area (Å²) in [4.78, 5) is 0. The summed E-state index contributed by atoms with van der Waals surface area (Å²) < 4.78 is 26.3. The third-order valence-corrected chi connectivity index (χ3v) is 4.96. The zero-order valence-electron chi connectivity index (χ0n) is 14.6. The third-order valence-electron chi connectivity index (χ3n) is 4.56. The van der Waals surface area contributed by atoms with E-state index in [1.165, 1.54) is 6.07 Å². The van der Waals surface area contributed by atoms with Crippen LogP contribution in [0.4, 0.5) is 4.39 Å².